The summed E-state index contributed by atoms with van der Waals surface area (Å²) in [5, 5.41) is 10.8. The van der Waals surface area contributed by atoms with Gasteiger partial charge in [-0.05, 0) is 19.5 Å². The summed E-state index contributed by atoms with van der Waals surface area (Å²) in [6.45, 7) is 1.19. The van der Waals surface area contributed by atoms with Gasteiger partial charge < -0.3 is 4.90 Å². The standard InChI is InChI=1S/C10H11FN2O2/c1-12-5-4-7-8(6-12)10(13(14)15)3-2-9(7)11/h2-3H,4-6H2,1H3. The van der Waals surface area contributed by atoms with E-state index in [1.54, 1.807) is 0 Å². The van der Waals surface area contributed by atoms with E-state index >= 15 is 0 Å². The third kappa shape index (κ3) is 1.70. The molecule has 4 nitrogen and oxygen atoms in total. The van der Waals surface area contributed by atoms with Crippen LogP contribution < -0.4 is 0 Å². The summed E-state index contributed by atoms with van der Waals surface area (Å²) in [7, 11) is 1.87. The van der Waals surface area contributed by atoms with Crippen molar-refractivity contribution in [1.82, 2.24) is 4.90 Å². The second-order valence-electron chi connectivity index (χ2n) is 3.77. The zero-order valence-electron chi connectivity index (χ0n) is 8.36. The predicted molar refractivity (Wildman–Crippen MR) is 53.1 cm³/mol. The number of benzene rings is 1. The van der Waals surface area contributed by atoms with Crippen molar-refractivity contribution in [2.24, 2.45) is 0 Å². The Morgan fingerprint density at radius 1 is 1.47 bits per heavy atom. The predicted octanol–water partition coefficient (Wildman–Crippen LogP) is 1.72. The van der Waals surface area contributed by atoms with Crippen LogP contribution in [0.1, 0.15) is 11.1 Å². The molecule has 1 heterocycles. The Balaban J connectivity index is 2.56. The third-order valence-corrected chi connectivity index (χ3v) is 2.72. The van der Waals surface area contributed by atoms with Crippen LogP contribution in [0.15, 0.2) is 12.1 Å². The number of nitro benzene ring substituents is 1. The molecule has 80 valence electrons. The van der Waals surface area contributed by atoms with Crippen LogP contribution in [0.3, 0.4) is 0 Å². The number of nitrogens with zero attached hydrogens (tertiary/aromatic N) is 2. The summed E-state index contributed by atoms with van der Waals surface area (Å²) < 4.78 is 13.4. The molecule has 2 rings (SSSR count). The summed E-state index contributed by atoms with van der Waals surface area (Å²) in [6, 6.07) is 2.43. The molecule has 1 aromatic carbocycles. The van der Waals surface area contributed by atoms with E-state index in [1.165, 1.54) is 12.1 Å². The molecule has 0 amide bonds. The average molecular weight is 210 g/mol. The fourth-order valence-corrected chi connectivity index (χ4v) is 1.92. The van der Waals surface area contributed by atoms with Gasteiger partial charge in [0, 0.05) is 30.3 Å². The number of fused-ring (bicyclic) bond motifs is 1. The summed E-state index contributed by atoms with van der Waals surface area (Å²) in [5.41, 5.74) is 1.05. The Labute approximate surface area is 86.5 Å². The molecular formula is C10H11FN2O2. The number of halogens is 1. The van der Waals surface area contributed by atoms with Gasteiger partial charge in [-0.25, -0.2) is 4.39 Å². The van der Waals surface area contributed by atoms with Crippen molar-refractivity contribution in [2.75, 3.05) is 13.6 Å². The first kappa shape index (κ1) is 10.0. The molecule has 15 heavy (non-hydrogen) atoms. The summed E-state index contributed by atoms with van der Waals surface area (Å²) in [4.78, 5) is 12.3. The van der Waals surface area contributed by atoms with Gasteiger partial charge in [0.05, 0.1) is 4.92 Å². The topological polar surface area (TPSA) is 46.4 Å². The van der Waals surface area contributed by atoms with Gasteiger partial charge in [-0.3, -0.25) is 10.1 Å². The van der Waals surface area contributed by atoms with Crippen LogP contribution in [0.2, 0.25) is 0 Å². The van der Waals surface area contributed by atoms with Gasteiger partial charge in [-0.15, -0.1) is 0 Å². The lowest BCUT2D eigenvalue weighted by Crippen LogP contribution is -2.28. The van der Waals surface area contributed by atoms with Crippen LogP contribution in [-0.4, -0.2) is 23.4 Å². The van der Waals surface area contributed by atoms with Gasteiger partial charge in [0.1, 0.15) is 5.82 Å². The molecule has 0 aromatic heterocycles. The highest BCUT2D eigenvalue weighted by molar-refractivity contribution is 5.47. The normalized spacial score (nSPS) is 16.1. The first-order chi connectivity index (χ1) is 7.09. The molecular weight excluding hydrogens is 199 g/mol. The quantitative estimate of drug-likeness (QED) is 0.523. The molecule has 0 saturated heterocycles. The first-order valence-corrected chi connectivity index (χ1v) is 4.73. The molecule has 1 aliphatic rings. The molecule has 0 bridgehead atoms. The van der Waals surface area contributed by atoms with Crippen LogP contribution in [0, 0.1) is 15.9 Å². The van der Waals surface area contributed by atoms with Crippen molar-refractivity contribution in [2.45, 2.75) is 13.0 Å². The van der Waals surface area contributed by atoms with Crippen molar-refractivity contribution >= 4 is 5.69 Å². The Morgan fingerprint density at radius 2 is 2.20 bits per heavy atom. The lowest BCUT2D eigenvalue weighted by atomic mass is 9.98. The second kappa shape index (κ2) is 3.58. The van der Waals surface area contributed by atoms with Crippen LogP contribution >= 0.6 is 0 Å². The van der Waals surface area contributed by atoms with Gasteiger partial charge in [0.15, 0.2) is 0 Å². The van der Waals surface area contributed by atoms with E-state index in [4.69, 9.17) is 0 Å². The molecule has 5 heteroatoms. The second-order valence-corrected chi connectivity index (χ2v) is 3.77. The average Bonchev–Trinajstić information content (AvgIpc) is 2.17. The molecule has 1 aliphatic heterocycles. The summed E-state index contributed by atoms with van der Waals surface area (Å²) in [5.74, 6) is -0.330. The molecule has 0 fully saturated rings. The van der Waals surface area contributed by atoms with Crippen molar-refractivity contribution in [1.29, 1.82) is 0 Å². The molecule has 0 atom stereocenters. The smallest absolute Gasteiger partial charge is 0.274 e. The minimum Gasteiger partial charge on any atom is -0.302 e. The summed E-state index contributed by atoms with van der Waals surface area (Å²) >= 11 is 0. The highest BCUT2D eigenvalue weighted by Crippen LogP contribution is 2.29. The van der Waals surface area contributed by atoms with Crippen molar-refractivity contribution in [3.8, 4) is 0 Å². The fourth-order valence-electron chi connectivity index (χ4n) is 1.92. The van der Waals surface area contributed by atoms with E-state index in [0.29, 0.717) is 24.1 Å². The maximum atomic E-state index is 13.4. The molecule has 1 aromatic rings. The molecule has 0 spiro atoms. The number of likely N-dealkylation sites (N-methyl/N-ethyl adjacent to an activating group) is 1. The minimum atomic E-state index is -0.447. The van der Waals surface area contributed by atoms with Crippen LogP contribution in [0.4, 0.5) is 10.1 Å². The molecule has 0 radical (unpaired) electrons. The van der Waals surface area contributed by atoms with Crippen LogP contribution in [0.25, 0.3) is 0 Å². The van der Waals surface area contributed by atoms with Crippen molar-refractivity contribution in [3.05, 3.63) is 39.2 Å². The third-order valence-electron chi connectivity index (χ3n) is 2.72. The number of nitro groups is 1. The molecule has 0 unspecified atom stereocenters. The van der Waals surface area contributed by atoms with E-state index in [1.807, 2.05) is 11.9 Å². The van der Waals surface area contributed by atoms with Gasteiger partial charge in [0.2, 0.25) is 0 Å². The number of rotatable bonds is 1. The van der Waals surface area contributed by atoms with Crippen molar-refractivity contribution in [3.63, 3.8) is 0 Å². The SMILES string of the molecule is CN1CCc2c(F)ccc([N+](=O)[O-])c2C1. The van der Waals surface area contributed by atoms with E-state index in [9.17, 15) is 14.5 Å². The lowest BCUT2D eigenvalue weighted by Gasteiger charge is -2.24. The Kier molecular flexibility index (Phi) is 2.40. The first-order valence-electron chi connectivity index (χ1n) is 4.73. The van der Waals surface area contributed by atoms with Gasteiger partial charge in [0.25, 0.3) is 5.69 Å². The van der Waals surface area contributed by atoms with Crippen molar-refractivity contribution < 1.29 is 9.31 Å². The Morgan fingerprint density at radius 3 is 2.87 bits per heavy atom. The Bertz CT molecular complexity index is 420. The minimum absolute atomic E-state index is 0.0259. The lowest BCUT2D eigenvalue weighted by molar-refractivity contribution is -0.385. The van der Waals surface area contributed by atoms with Gasteiger partial charge in [-0.1, -0.05) is 0 Å². The fraction of sp³-hybridized carbons (Fsp3) is 0.400. The highest BCUT2D eigenvalue weighted by atomic mass is 19.1. The highest BCUT2D eigenvalue weighted by Gasteiger charge is 2.25. The Hall–Kier alpha value is -1.49. The number of hydrogen-bond acceptors (Lipinski definition) is 3. The van der Waals surface area contributed by atoms with E-state index in [-0.39, 0.29) is 11.5 Å². The zero-order chi connectivity index (χ0) is 11.0. The van der Waals surface area contributed by atoms with Crippen LogP contribution in [0.5, 0.6) is 0 Å². The largest absolute Gasteiger partial charge is 0.302 e. The van der Waals surface area contributed by atoms with Crippen LogP contribution in [-0.2, 0) is 13.0 Å². The molecule has 0 aliphatic carbocycles. The maximum absolute atomic E-state index is 13.4. The van der Waals surface area contributed by atoms with Gasteiger partial charge in [-0.2, -0.15) is 0 Å². The maximum Gasteiger partial charge on any atom is 0.274 e. The molecule has 0 N–H and O–H groups in total. The monoisotopic (exact) mass is 210 g/mol. The van der Waals surface area contributed by atoms with Gasteiger partial charge >= 0.3 is 0 Å². The zero-order valence-corrected chi connectivity index (χ0v) is 8.36. The van der Waals surface area contributed by atoms with E-state index < -0.39 is 4.92 Å². The molecule has 0 saturated carbocycles. The van der Waals surface area contributed by atoms with E-state index in [0.717, 1.165) is 6.54 Å². The van der Waals surface area contributed by atoms with E-state index in [2.05, 4.69) is 0 Å². The summed E-state index contributed by atoms with van der Waals surface area (Å²) in [6.07, 6.45) is 0.541. The number of hydrogen-bond donors (Lipinski definition) is 0.